The Labute approximate surface area is 114 Å². The second-order valence-electron chi connectivity index (χ2n) is 4.70. The van der Waals surface area contributed by atoms with E-state index < -0.39 is 6.36 Å². The summed E-state index contributed by atoms with van der Waals surface area (Å²) >= 11 is 0. The first-order valence-electron chi connectivity index (χ1n) is 6.19. The van der Waals surface area contributed by atoms with E-state index in [1.807, 2.05) is 19.9 Å². The van der Waals surface area contributed by atoms with Crippen LogP contribution in [0, 0.1) is 0 Å². The molecular weight excluding hydrogens is 269 g/mol. The largest absolute Gasteiger partial charge is 0.573 e. The maximum Gasteiger partial charge on any atom is 0.573 e. The predicted octanol–water partition coefficient (Wildman–Crippen LogP) is 4.30. The van der Waals surface area contributed by atoms with E-state index in [0.29, 0.717) is 11.1 Å². The van der Waals surface area contributed by atoms with Crippen molar-refractivity contribution < 1.29 is 17.9 Å². The molecule has 0 spiro atoms. The Morgan fingerprint density at radius 2 is 1.95 bits per heavy atom. The second kappa shape index (κ2) is 5.19. The molecule has 0 aliphatic carbocycles. The molecule has 2 aromatic rings. The van der Waals surface area contributed by atoms with Crippen LogP contribution in [0.5, 0.6) is 5.75 Å². The summed E-state index contributed by atoms with van der Waals surface area (Å²) in [5, 5.41) is 3.57. The van der Waals surface area contributed by atoms with Gasteiger partial charge in [0.15, 0.2) is 5.75 Å². The maximum atomic E-state index is 12.4. The summed E-state index contributed by atoms with van der Waals surface area (Å²) in [5.41, 5.74) is 1.65. The van der Waals surface area contributed by atoms with Crippen molar-refractivity contribution in [2.75, 3.05) is 12.4 Å². The zero-order chi connectivity index (χ0) is 14.9. The summed E-state index contributed by atoms with van der Waals surface area (Å²) in [6, 6.07) is 6.33. The highest BCUT2D eigenvalue weighted by Gasteiger charge is 2.32. The van der Waals surface area contributed by atoms with E-state index in [0.717, 1.165) is 5.69 Å². The fourth-order valence-corrected chi connectivity index (χ4v) is 1.95. The lowest BCUT2D eigenvalue weighted by atomic mass is 10.1. The SMILES string of the molecule is CNc1cc(C(C)C)nc2c(OC(F)(F)F)cccc12. The monoisotopic (exact) mass is 284 g/mol. The van der Waals surface area contributed by atoms with Crippen molar-refractivity contribution in [3.8, 4) is 5.75 Å². The Morgan fingerprint density at radius 3 is 2.50 bits per heavy atom. The van der Waals surface area contributed by atoms with Crippen molar-refractivity contribution in [1.29, 1.82) is 0 Å². The van der Waals surface area contributed by atoms with Crippen LogP contribution in [0.15, 0.2) is 24.3 Å². The summed E-state index contributed by atoms with van der Waals surface area (Å²) in [5.74, 6) is -0.181. The average Bonchev–Trinajstić information content (AvgIpc) is 2.36. The third-order valence-electron chi connectivity index (χ3n) is 2.91. The number of alkyl halides is 3. The number of nitrogens with one attached hydrogen (secondary N) is 1. The lowest BCUT2D eigenvalue weighted by Crippen LogP contribution is -2.17. The lowest BCUT2D eigenvalue weighted by Gasteiger charge is -2.15. The molecule has 108 valence electrons. The van der Waals surface area contributed by atoms with E-state index in [-0.39, 0.29) is 17.2 Å². The van der Waals surface area contributed by atoms with Gasteiger partial charge in [-0.3, -0.25) is 0 Å². The van der Waals surface area contributed by atoms with Crippen LogP contribution in [-0.2, 0) is 0 Å². The second-order valence-corrected chi connectivity index (χ2v) is 4.70. The number of halogens is 3. The molecule has 20 heavy (non-hydrogen) atoms. The smallest absolute Gasteiger partial charge is 0.403 e. The van der Waals surface area contributed by atoms with Crippen LogP contribution >= 0.6 is 0 Å². The molecule has 0 saturated heterocycles. The van der Waals surface area contributed by atoms with Crippen LogP contribution in [0.4, 0.5) is 18.9 Å². The van der Waals surface area contributed by atoms with Crippen molar-refractivity contribution >= 4 is 16.6 Å². The Hall–Kier alpha value is -1.98. The highest BCUT2D eigenvalue weighted by atomic mass is 19.4. The van der Waals surface area contributed by atoms with Crippen LogP contribution in [0.2, 0.25) is 0 Å². The Kier molecular flexibility index (Phi) is 3.74. The molecule has 6 heteroatoms. The fourth-order valence-electron chi connectivity index (χ4n) is 1.95. The van der Waals surface area contributed by atoms with E-state index in [1.54, 1.807) is 13.1 Å². The number of aromatic nitrogens is 1. The normalized spacial score (nSPS) is 11.9. The molecule has 0 aliphatic rings. The minimum Gasteiger partial charge on any atom is -0.403 e. The van der Waals surface area contributed by atoms with Crippen molar-refractivity contribution in [2.24, 2.45) is 0 Å². The number of ether oxygens (including phenoxy) is 1. The maximum absolute atomic E-state index is 12.4. The number of pyridine rings is 1. The number of anilines is 1. The molecule has 0 bridgehead atoms. The lowest BCUT2D eigenvalue weighted by molar-refractivity contribution is -0.274. The zero-order valence-corrected chi connectivity index (χ0v) is 11.4. The molecule has 0 aliphatic heterocycles. The number of benzene rings is 1. The summed E-state index contributed by atoms with van der Waals surface area (Å²) in [7, 11) is 1.72. The minimum atomic E-state index is -4.73. The molecule has 0 radical (unpaired) electrons. The molecule has 0 atom stereocenters. The van der Waals surface area contributed by atoms with Crippen molar-refractivity contribution in [2.45, 2.75) is 26.1 Å². The molecule has 0 amide bonds. The molecule has 2 rings (SSSR count). The number of hydrogen-bond donors (Lipinski definition) is 1. The summed E-state index contributed by atoms with van der Waals surface area (Å²) in [4.78, 5) is 4.30. The number of rotatable bonds is 3. The number of nitrogens with zero attached hydrogens (tertiary/aromatic N) is 1. The molecule has 0 unspecified atom stereocenters. The van der Waals surface area contributed by atoms with E-state index in [9.17, 15) is 13.2 Å². The molecule has 1 aromatic heterocycles. The third kappa shape index (κ3) is 2.95. The van der Waals surface area contributed by atoms with Gasteiger partial charge in [-0.25, -0.2) is 4.98 Å². The molecule has 0 fully saturated rings. The first-order chi connectivity index (χ1) is 9.31. The van der Waals surface area contributed by atoms with Gasteiger partial charge in [0.05, 0.1) is 0 Å². The molecule has 1 aromatic carbocycles. The molecule has 0 saturated carbocycles. The molecular formula is C14H15F3N2O. The van der Waals surface area contributed by atoms with Crippen LogP contribution in [0.3, 0.4) is 0 Å². The standard InChI is InChI=1S/C14H15F3N2O/c1-8(2)10-7-11(18-3)9-5-4-6-12(13(9)19-10)20-14(15,16)17/h4-8H,1-3H3,(H,18,19). The highest BCUT2D eigenvalue weighted by molar-refractivity contribution is 5.95. The number of hydrogen-bond acceptors (Lipinski definition) is 3. The Bertz CT molecular complexity index is 624. The zero-order valence-electron chi connectivity index (χ0n) is 11.4. The van der Waals surface area contributed by atoms with E-state index in [2.05, 4.69) is 15.0 Å². The van der Waals surface area contributed by atoms with Crippen molar-refractivity contribution in [1.82, 2.24) is 4.98 Å². The Morgan fingerprint density at radius 1 is 1.25 bits per heavy atom. The van der Waals surface area contributed by atoms with Gasteiger partial charge >= 0.3 is 6.36 Å². The van der Waals surface area contributed by atoms with Gasteiger partial charge in [-0.2, -0.15) is 0 Å². The summed E-state index contributed by atoms with van der Waals surface area (Å²) in [6.07, 6.45) is -4.73. The van der Waals surface area contributed by atoms with Crippen LogP contribution in [0.25, 0.3) is 10.9 Å². The van der Waals surface area contributed by atoms with Gasteiger partial charge in [0.25, 0.3) is 0 Å². The highest BCUT2D eigenvalue weighted by Crippen LogP contribution is 2.34. The first-order valence-corrected chi connectivity index (χ1v) is 6.19. The molecule has 3 nitrogen and oxygen atoms in total. The quantitative estimate of drug-likeness (QED) is 0.912. The van der Waals surface area contributed by atoms with E-state index in [1.165, 1.54) is 12.1 Å². The van der Waals surface area contributed by atoms with Gasteiger partial charge < -0.3 is 10.1 Å². The van der Waals surface area contributed by atoms with E-state index in [4.69, 9.17) is 0 Å². The van der Waals surface area contributed by atoms with Gasteiger partial charge in [-0.15, -0.1) is 13.2 Å². The van der Waals surface area contributed by atoms with Gasteiger partial charge in [0.1, 0.15) is 5.52 Å². The predicted molar refractivity (Wildman–Crippen MR) is 72.1 cm³/mol. The van der Waals surface area contributed by atoms with Crippen molar-refractivity contribution in [3.63, 3.8) is 0 Å². The summed E-state index contributed by atoms with van der Waals surface area (Å²) in [6.45, 7) is 3.86. The third-order valence-corrected chi connectivity index (χ3v) is 2.91. The van der Waals surface area contributed by atoms with Gasteiger partial charge in [0.2, 0.25) is 0 Å². The van der Waals surface area contributed by atoms with Crippen LogP contribution in [-0.4, -0.2) is 18.4 Å². The van der Waals surface area contributed by atoms with E-state index >= 15 is 0 Å². The van der Waals surface area contributed by atoms with Gasteiger partial charge in [-0.05, 0) is 18.1 Å². The Balaban J connectivity index is 2.68. The fraction of sp³-hybridized carbons (Fsp3) is 0.357. The van der Waals surface area contributed by atoms with Crippen LogP contribution in [0.1, 0.15) is 25.5 Å². The van der Waals surface area contributed by atoms with Gasteiger partial charge in [0, 0.05) is 23.8 Å². The summed E-state index contributed by atoms with van der Waals surface area (Å²) < 4.78 is 41.4. The molecule has 1 heterocycles. The molecule has 1 N–H and O–H groups in total. The first kappa shape index (κ1) is 14.4. The number of para-hydroxylation sites is 1. The number of fused-ring (bicyclic) bond motifs is 1. The minimum absolute atomic E-state index is 0.102. The van der Waals surface area contributed by atoms with Crippen molar-refractivity contribution in [3.05, 3.63) is 30.0 Å². The topological polar surface area (TPSA) is 34.2 Å². The van der Waals surface area contributed by atoms with Gasteiger partial charge in [-0.1, -0.05) is 26.0 Å². The average molecular weight is 284 g/mol. The van der Waals surface area contributed by atoms with Crippen LogP contribution < -0.4 is 10.1 Å².